The molecule has 0 bridgehead atoms. The van der Waals surface area contributed by atoms with Crippen LogP contribution in [0, 0.1) is 5.82 Å². The van der Waals surface area contributed by atoms with Gasteiger partial charge in [-0.3, -0.25) is 4.68 Å². The lowest BCUT2D eigenvalue weighted by Crippen LogP contribution is -2.06. The van der Waals surface area contributed by atoms with Crippen molar-refractivity contribution in [2.75, 3.05) is 12.3 Å². The number of aromatic nitrogens is 2. The number of benzene rings is 1. The zero-order valence-electron chi connectivity index (χ0n) is 9.34. The molecule has 2 aromatic rings. The van der Waals surface area contributed by atoms with E-state index in [0.717, 1.165) is 0 Å². The molecule has 0 radical (unpaired) electrons. The van der Waals surface area contributed by atoms with Crippen molar-refractivity contribution in [3.63, 3.8) is 0 Å². The average Bonchev–Trinajstić information content (AvgIpc) is 2.73. The van der Waals surface area contributed by atoms with Crippen LogP contribution in [-0.2, 0) is 17.9 Å². The Balaban J connectivity index is 1.75. The normalized spacial score (nSPS) is 10.6. The van der Waals surface area contributed by atoms with Gasteiger partial charge in [-0.15, -0.1) is 0 Å². The molecule has 1 heterocycles. The van der Waals surface area contributed by atoms with Crippen LogP contribution >= 0.6 is 0 Å². The highest BCUT2D eigenvalue weighted by Crippen LogP contribution is 2.07. The highest BCUT2D eigenvalue weighted by Gasteiger charge is 2.00. The van der Waals surface area contributed by atoms with Crippen LogP contribution in [0.1, 0.15) is 5.56 Å². The van der Waals surface area contributed by atoms with Crippen LogP contribution in [0.5, 0.6) is 0 Å². The third kappa shape index (κ3) is 3.29. The molecular formula is C12H14FN3O. The molecule has 17 heavy (non-hydrogen) atoms. The summed E-state index contributed by atoms with van der Waals surface area (Å²) in [5, 5.41) is 4.02. The predicted octanol–water partition coefficient (Wildman–Crippen LogP) is 1.82. The summed E-state index contributed by atoms with van der Waals surface area (Å²) in [6, 6.07) is 6.58. The first-order valence-electron chi connectivity index (χ1n) is 5.35. The quantitative estimate of drug-likeness (QED) is 0.804. The van der Waals surface area contributed by atoms with Crippen molar-refractivity contribution in [3.8, 4) is 0 Å². The largest absolute Gasteiger partial charge is 0.396 e. The SMILES string of the molecule is Nc1cnn(CCOCc2ccccc2F)c1. The highest BCUT2D eigenvalue weighted by atomic mass is 19.1. The number of nitrogens with zero attached hydrogens (tertiary/aromatic N) is 2. The molecule has 0 spiro atoms. The molecule has 5 heteroatoms. The standard InChI is InChI=1S/C12H14FN3O/c13-12-4-2-1-3-10(12)9-17-6-5-16-8-11(14)7-15-16/h1-4,7-8H,5-6,9,14H2. The second-order valence-electron chi connectivity index (χ2n) is 3.68. The zero-order valence-corrected chi connectivity index (χ0v) is 9.34. The summed E-state index contributed by atoms with van der Waals surface area (Å²) in [4.78, 5) is 0. The predicted molar refractivity (Wildman–Crippen MR) is 62.7 cm³/mol. The van der Waals surface area contributed by atoms with Gasteiger partial charge in [0.15, 0.2) is 0 Å². The summed E-state index contributed by atoms with van der Waals surface area (Å²) >= 11 is 0. The molecular weight excluding hydrogens is 221 g/mol. The van der Waals surface area contributed by atoms with E-state index in [0.29, 0.717) is 24.4 Å². The molecule has 0 aliphatic rings. The Kier molecular flexibility index (Phi) is 3.72. The maximum atomic E-state index is 13.2. The van der Waals surface area contributed by atoms with Crippen molar-refractivity contribution in [3.05, 3.63) is 48.0 Å². The van der Waals surface area contributed by atoms with Crippen LogP contribution in [-0.4, -0.2) is 16.4 Å². The van der Waals surface area contributed by atoms with E-state index in [1.807, 2.05) is 0 Å². The van der Waals surface area contributed by atoms with Crippen molar-refractivity contribution in [1.82, 2.24) is 9.78 Å². The summed E-state index contributed by atoms with van der Waals surface area (Å²) in [7, 11) is 0. The van der Waals surface area contributed by atoms with Gasteiger partial charge in [0.1, 0.15) is 5.82 Å². The summed E-state index contributed by atoms with van der Waals surface area (Å²) in [6.45, 7) is 1.34. The van der Waals surface area contributed by atoms with E-state index in [-0.39, 0.29) is 12.4 Å². The maximum absolute atomic E-state index is 13.2. The maximum Gasteiger partial charge on any atom is 0.128 e. The fourth-order valence-corrected chi connectivity index (χ4v) is 1.46. The topological polar surface area (TPSA) is 53.1 Å². The third-order valence-corrected chi connectivity index (χ3v) is 2.33. The van der Waals surface area contributed by atoms with Gasteiger partial charge in [0.2, 0.25) is 0 Å². The number of halogens is 1. The van der Waals surface area contributed by atoms with Crippen molar-refractivity contribution >= 4 is 5.69 Å². The molecule has 4 nitrogen and oxygen atoms in total. The third-order valence-electron chi connectivity index (χ3n) is 2.33. The van der Waals surface area contributed by atoms with Gasteiger partial charge in [0.25, 0.3) is 0 Å². The fourth-order valence-electron chi connectivity index (χ4n) is 1.46. The number of hydrogen-bond acceptors (Lipinski definition) is 3. The molecule has 0 fully saturated rings. The molecule has 0 amide bonds. The van der Waals surface area contributed by atoms with Gasteiger partial charge < -0.3 is 10.5 Å². The molecule has 1 aromatic heterocycles. The van der Waals surface area contributed by atoms with E-state index in [2.05, 4.69) is 5.10 Å². The van der Waals surface area contributed by atoms with E-state index in [1.165, 1.54) is 6.07 Å². The van der Waals surface area contributed by atoms with Crippen LogP contribution in [0.25, 0.3) is 0 Å². The second kappa shape index (κ2) is 5.45. The summed E-state index contributed by atoms with van der Waals surface area (Å²) in [6.07, 6.45) is 3.31. The van der Waals surface area contributed by atoms with Crippen LogP contribution in [0.3, 0.4) is 0 Å². The zero-order chi connectivity index (χ0) is 12.1. The molecule has 0 unspecified atom stereocenters. The molecule has 2 N–H and O–H groups in total. The van der Waals surface area contributed by atoms with Crippen LogP contribution in [0.2, 0.25) is 0 Å². The first-order valence-corrected chi connectivity index (χ1v) is 5.35. The Bertz CT molecular complexity index is 484. The van der Waals surface area contributed by atoms with Gasteiger partial charge in [0, 0.05) is 11.8 Å². The van der Waals surface area contributed by atoms with E-state index in [9.17, 15) is 4.39 Å². The van der Waals surface area contributed by atoms with Crippen molar-refractivity contribution in [2.24, 2.45) is 0 Å². The van der Waals surface area contributed by atoms with Gasteiger partial charge in [-0.25, -0.2) is 4.39 Å². The number of anilines is 1. The van der Waals surface area contributed by atoms with Gasteiger partial charge in [-0.1, -0.05) is 18.2 Å². The number of nitrogen functional groups attached to an aromatic ring is 1. The molecule has 0 saturated carbocycles. The fraction of sp³-hybridized carbons (Fsp3) is 0.250. The highest BCUT2D eigenvalue weighted by molar-refractivity contribution is 5.30. The molecule has 2 rings (SSSR count). The Morgan fingerprint density at radius 1 is 1.35 bits per heavy atom. The molecule has 0 atom stereocenters. The van der Waals surface area contributed by atoms with Crippen molar-refractivity contribution < 1.29 is 9.13 Å². The Morgan fingerprint density at radius 2 is 2.18 bits per heavy atom. The number of nitrogens with two attached hydrogens (primary N) is 1. The Morgan fingerprint density at radius 3 is 2.88 bits per heavy atom. The first kappa shape index (κ1) is 11.6. The number of hydrogen-bond donors (Lipinski definition) is 1. The number of rotatable bonds is 5. The van der Waals surface area contributed by atoms with Crippen LogP contribution < -0.4 is 5.73 Å². The lowest BCUT2D eigenvalue weighted by atomic mass is 10.2. The lowest BCUT2D eigenvalue weighted by Gasteiger charge is -2.05. The Hall–Kier alpha value is -1.88. The summed E-state index contributed by atoms with van der Waals surface area (Å²) < 4.78 is 20.3. The van der Waals surface area contributed by atoms with E-state index in [4.69, 9.17) is 10.5 Å². The van der Waals surface area contributed by atoms with Gasteiger partial charge >= 0.3 is 0 Å². The van der Waals surface area contributed by atoms with E-state index < -0.39 is 0 Å². The summed E-state index contributed by atoms with van der Waals surface area (Å²) in [5.74, 6) is -0.240. The van der Waals surface area contributed by atoms with Crippen molar-refractivity contribution in [1.29, 1.82) is 0 Å². The molecule has 1 aromatic carbocycles. The lowest BCUT2D eigenvalue weighted by molar-refractivity contribution is 0.108. The second-order valence-corrected chi connectivity index (χ2v) is 3.68. The minimum atomic E-state index is -0.240. The van der Waals surface area contributed by atoms with Crippen LogP contribution in [0.4, 0.5) is 10.1 Å². The molecule has 0 aliphatic carbocycles. The van der Waals surface area contributed by atoms with Gasteiger partial charge in [-0.05, 0) is 6.07 Å². The molecule has 90 valence electrons. The van der Waals surface area contributed by atoms with E-state index >= 15 is 0 Å². The Labute approximate surface area is 98.8 Å². The molecule has 0 saturated heterocycles. The minimum absolute atomic E-state index is 0.240. The minimum Gasteiger partial charge on any atom is -0.396 e. The van der Waals surface area contributed by atoms with Crippen molar-refractivity contribution in [2.45, 2.75) is 13.2 Å². The smallest absolute Gasteiger partial charge is 0.128 e. The monoisotopic (exact) mass is 235 g/mol. The summed E-state index contributed by atoms with van der Waals surface area (Å²) in [5.41, 5.74) is 6.71. The van der Waals surface area contributed by atoms with Gasteiger partial charge in [-0.2, -0.15) is 5.10 Å². The van der Waals surface area contributed by atoms with Gasteiger partial charge in [0.05, 0.1) is 31.6 Å². The van der Waals surface area contributed by atoms with Crippen LogP contribution in [0.15, 0.2) is 36.7 Å². The average molecular weight is 235 g/mol. The first-order chi connectivity index (χ1) is 8.25. The van der Waals surface area contributed by atoms with E-state index in [1.54, 1.807) is 35.3 Å². The number of ether oxygens (including phenoxy) is 1. The molecule has 0 aliphatic heterocycles.